The minimum Gasteiger partial charge on any atom is -0.433 e. The highest BCUT2D eigenvalue weighted by atomic mass is 35.5. The lowest BCUT2D eigenvalue weighted by atomic mass is 9.86. The Balaban J connectivity index is 1.83. The van der Waals surface area contributed by atoms with Crippen LogP contribution in [0.4, 0.5) is 14.5 Å². The van der Waals surface area contributed by atoms with E-state index >= 15 is 0 Å². The molecule has 2 aliphatic rings. The van der Waals surface area contributed by atoms with Gasteiger partial charge in [-0.2, -0.15) is 8.78 Å². The van der Waals surface area contributed by atoms with Gasteiger partial charge in [0.25, 0.3) is 0 Å². The first kappa shape index (κ1) is 15.8. The first-order valence-corrected chi connectivity index (χ1v) is 8.19. The molecule has 3 nitrogen and oxygen atoms in total. The van der Waals surface area contributed by atoms with E-state index in [0.29, 0.717) is 18.1 Å². The van der Waals surface area contributed by atoms with Gasteiger partial charge in [0.1, 0.15) is 5.75 Å². The van der Waals surface area contributed by atoms with E-state index in [-0.39, 0.29) is 10.8 Å². The summed E-state index contributed by atoms with van der Waals surface area (Å²) in [6.07, 6.45) is 4.83. The summed E-state index contributed by atoms with van der Waals surface area (Å²) >= 11 is 6.10. The van der Waals surface area contributed by atoms with Gasteiger partial charge in [0.2, 0.25) is 0 Å². The summed E-state index contributed by atoms with van der Waals surface area (Å²) in [7, 11) is 0. The number of ether oxygens (including phenoxy) is 1. The molecule has 0 bridgehead atoms. The van der Waals surface area contributed by atoms with Gasteiger partial charge >= 0.3 is 6.61 Å². The molecule has 6 heteroatoms. The second-order valence-electron chi connectivity index (χ2n) is 6.17. The number of nitrogens with zero attached hydrogens (tertiary/aromatic N) is 1. The maximum Gasteiger partial charge on any atom is 0.387 e. The lowest BCUT2D eigenvalue weighted by Crippen LogP contribution is -2.62. The predicted octanol–water partition coefficient (Wildman–Crippen LogP) is 4.05. The molecule has 0 unspecified atom stereocenters. The molecular formula is C16H21ClF2N2O. The van der Waals surface area contributed by atoms with Crippen LogP contribution < -0.4 is 15.0 Å². The van der Waals surface area contributed by atoms with E-state index in [2.05, 4.69) is 21.9 Å². The van der Waals surface area contributed by atoms with Gasteiger partial charge in [-0.3, -0.25) is 0 Å². The number of hydrogen-bond acceptors (Lipinski definition) is 3. The predicted molar refractivity (Wildman–Crippen MR) is 84.1 cm³/mol. The van der Waals surface area contributed by atoms with Gasteiger partial charge in [-0.1, -0.05) is 24.4 Å². The zero-order valence-corrected chi connectivity index (χ0v) is 13.3. The van der Waals surface area contributed by atoms with Crippen molar-refractivity contribution < 1.29 is 13.5 Å². The average molecular weight is 331 g/mol. The van der Waals surface area contributed by atoms with Crippen molar-refractivity contribution in [3.05, 3.63) is 23.2 Å². The number of benzene rings is 1. The van der Waals surface area contributed by atoms with Gasteiger partial charge in [0.15, 0.2) is 0 Å². The molecule has 1 saturated carbocycles. The van der Waals surface area contributed by atoms with E-state index in [1.54, 1.807) is 6.07 Å². The molecule has 0 radical (unpaired) electrons. The van der Waals surface area contributed by atoms with Gasteiger partial charge in [0, 0.05) is 30.4 Å². The smallest absolute Gasteiger partial charge is 0.387 e. The number of nitrogens with one attached hydrogen (secondary N) is 1. The Morgan fingerprint density at radius 1 is 1.32 bits per heavy atom. The minimum absolute atomic E-state index is 0.0313. The minimum atomic E-state index is -2.86. The second kappa shape index (κ2) is 6.59. The molecule has 3 rings (SSSR count). The number of hydrogen-bond donors (Lipinski definition) is 1. The lowest BCUT2D eigenvalue weighted by Gasteiger charge is -2.48. The molecular weight excluding hydrogens is 310 g/mol. The molecule has 1 saturated heterocycles. The Morgan fingerprint density at radius 2 is 2.09 bits per heavy atom. The van der Waals surface area contributed by atoms with E-state index in [0.717, 1.165) is 18.7 Å². The molecule has 1 aromatic carbocycles. The number of halogens is 3. The fourth-order valence-corrected chi connectivity index (χ4v) is 3.90. The average Bonchev–Trinajstić information content (AvgIpc) is 2.48. The second-order valence-corrected chi connectivity index (χ2v) is 6.58. The van der Waals surface area contributed by atoms with Crippen LogP contribution in [-0.2, 0) is 0 Å². The molecule has 0 amide bonds. The highest BCUT2D eigenvalue weighted by Crippen LogP contribution is 2.35. The van der Waals surface area contributed by atoms with Gasteiger partial charge in [-0.15, -0.1) is 0 Å². The normalized spacial score (nSPS) is 28.6. The molecule has 0 spiro atoms. The van der Waals surface area contributed by atoms with Crippen LogP contribution in [-0.4, -0.2) is 31.3 Å². The topological polar surface area (TPSA) is 24.5 Å². The van der Waals surface area contributed by atoms with Crippen molar-refractivity contribution in [2.75, 3.05) is 11.4 Å². The summed E-state index contributed by atoms with van der Waals surface area (Å²) in [5.74, 6) is 0.0313. The number of rotatable bonds is 3. The molecule has 122 valence electrons. The maximum atomic E-state index is 12.3. The van der Waals surface area contributed by atoms with Crippen LogP contribution in [0.5, 0.6) is 5.75 Å². The third kappa shape index (κ3) is 3.30. The Bertz CT molecular complexity index is 529. The number of alkyl halides is 2. The summed E-state index contributed by atoms with van der Waals surface area (Å²) < 4.78 is 29.1. The van der Waals surface area contributed by atoms with E-state index in [1.807, 2.05) is 6.07 Å². The zero-order valence-electron chi connectivity index (χ0n) is 12.6. The molecule has 1 aliphatic heterocycles. The zero-order chi connectivity index (χ0) is 15.7. The Hall–Kier alpha value is -1.07. The van der Waals surface area contributed by atoms with Gasteiger partial charge in [-0.05, 0) is 38.0 Å². The first-order valence-electron chi connectivity index (χ1n) is 7.81. The van der Waals surface area contributed by atoms with E-state index in [1.165, 1.54) is 25.3 Å². The number of fused-ring (bicyclic) bond motifs is 1. The summed E-state index contributed by atoms with van der Waals surface area (Å²) in [6.45, 7) is 0.213. The largest absolute Gasteiger partial charge is 0.433 e. The van der Waals surface area contributed by atoms with E-state index < -0.39 is 6.61 Å². The molecule has 3 atom stereocenters. The molecule has 1 aromatic rings. The SMILES string of the molecule is C[C@H]1CN(c2ccc(OC(F)F)c(Cl)c2)[C@@H]2CCCC[C@H]2N1. The van der Waals surface area contributed by atoms with Crippen molar-refractivity contribution in [3.8, 4) is 5.75 Å². The monoisotopic (exact) mass is 330 g/mol. The van der Waals surface area contributed by atoms with E-state index in [9.17, 15) is 8.78 Å². The van der Waals surface area contributed by atoms with Crippen LogP contribution in [0.1, 0.15) is 32.6 Å². The van der Waals surface area contributed by atoms with Crippen molar-refractivity contribution in [2.45, 2.75) is 57.3 Å². The van der Waals surface area contributed by atoms with Gasteiger partial charge < -0.3 is 15.0 Å². The van der Waals surface area contributed by atoms with Crippen molar-refractivity contribution in [2.24, 2.45) is 0 Å². The highest BCUT2D eigenvalue weighted by Gasteiger charge is 2.35. The highest BCUT2D eigenvalue weighted by molar-refractivity contribution is 6.32. The van der Waals surface area contributed by atoms with Gasteiger partial charge in [0.05, 0.1) is 5.02 Å². The van der Waals surface area contributed by atoms with Crippen molar-refractivity contribution >= 4 is 17.3 Å². The molecule has 1 aliphatic carbocycles. The number of anilines is 1. The molecule has 2 fully saturated rings. The molecule has 1 heterocycles. The molecule has 22 heavy (non-hydrogen) atoms. The summed E-state index contributed by atoms with van der Waals surface area (Å²) in [4.78, 5) is 2.36. The Kier molecular flexibility index (Phi) is 4.73. The summed E-state index contributed by atoms with van der Waals surface area (Å²) in [6, 6.07) is 6.44. The van der Waals surface area contributed by atoms with Crippen LogP contribution in [0, 0.1) is 0 Å². The van der Waals surface area contributed by atoms with Crippen molar-refractivity contribution in [1.82, 2.24) is 5.32 Å². The van der Waals surface area contributed by atoms with Crippen LogP contribution >= 0.6 is 11.6 Å². The van der Waals surface area contributed by atoms with Crippen LogP contribution in [0.15, 0.2) is 18.2 Å². The lowest BCUT2D eigenvalue weighted by molar-refractivity contribution is -0.0497. The number of piperazine rings is 1. The summed E-state index contributed by atoms with van der Waals surface area (Å²) in [5.41, 5.74) is 0.983. The first-order chi connectivity index (χ1) is 10.5. The van der Waals surface area contributed by atoms with Crippen molar-refractivity contribution in [3.63, 3.8) is 0 Å². The quantitative estimate of drug-likeness (QED) is 0.905. The van der Waals surface area contributed by atoms with Crippen molar-refractivity contribution in [1.29, 1.82) is 0 Å². The molecule has 0 aromatic heterocycles. The fraction of sp³-hybridized carbons (Fsp3) is 0.625. The van der Waals surface area contributed by atoms with Crippen LogP contribution in [0.3, 0.4) is 0 Å². The standard InChI is InChI=1S/C16H21ClF2N2O/c1-10-9-21(14-5-3-2-4-13(14)20-10)11-6-7-15(12(17)8-11)22-16(18)19/h6-8,10,13-14,16,20H,2-5,9H2,1H3/t10-,13+,14+/m0/s1. The summed E-state index contributed by atoms with van der Waals surface area (Å²) in [5, 5.41) is 3.90. The Morgan fingerprint density at radius 3 is 2.82 bits per heavy atom. The third-order valence-electron chi connectivity index (χ3n) is 4.56. The van der Waals surface area contributed by atoms with E-state index in [4.69, 9.17) is 11.6 Å². The third-order valence-corrected chi connectivity index (χ3v) is 4.86. The van der Waals surface area contributed by atoms with Gasteiger partial charge in [-0.25, -0.2) is 0 Å². The maximum absolute atomic E-state index is 12.3. The fourth-order valence-electron chi connectivity index (χ4n) is 3.68. The Labute approximate surface area is 134 Å². The van der Waals surface area contributed by atoms with Crippen LogP contribution in [0.2, 0.25) is 5.02 Å². The molecule has 1 N–H and O–H groups in total. The van der Waals surface area contributed by atoms with Crippen LogP contribution in [0.25, 0.3) is 0 Å².